The molecular weight excluding hydrogens is 320 g/mol. The number of amides is 1. The number of rotatable bonds is 5. The normalized spacial score (nSPS) is 12.0. The van der Waals surface area contributed by atoms with Crippen LogP contribution in [0.1, 0.15) is 20.3 Å². The van der Waals surface area contributed by atoms with Gasteiger partial charge in [0.25, 0.3) is 0 Å². The molecular formula is C12H15ClN2O5S. The fraction of sp³-hybridized carbons (Fsp3) is 0.333. The summed E-state index contributed by atoms with van der Waals surface area (Å²) in [5.41, 5.74) is -1.21. The summed E-state index contributed by atoms with van der Waals surface area (Å²) in [6.07, 6.45) is -0.293. The fourth-order valence-electron chi connectivity index (χ4n) is 1.45. The first-order valence-corrected chi connectivity index (χ1v) is 7.71. The minimum atomic E-state index is -3.93. The van der Waals surface area contributed by atoms with Crippen molar-refractivity contribution in [1.82, 2.24) is 0 Å². The largest absolute Gasteiger partial charge is 0.481 e. The quantitative estimate of drug-likeness (QED) is 0.750. The average molecular weight is 335 g/mol. The maximum absolute atomic E-state index is 11.8. The van der Waals surface area contributed by atoms with Crippen molar-refractivity contribution in [1.29, 1.82) is 0 Å². The summed E-state index contributed by atoms with van der Waals surface area (Å²) in [5.74, 6) is -1.72. The van der Waals surface area contributed by atoms with Crippen molar-refractivity contribution in [2.45, 2.75) is 25.2 Å². The van der Waals surface area contributed by atoms with Crippen LogP contribution in [0.3, 0.4) is 0 Å². The van der Waals surface area contributed by atoms with Gasteiger partial charge >= 0.3 is 5.97 Å². The van der Waals surface area contributed by atoms with E-state index in [2.05, 4.69) is 5.32 Å². The lowest BCUT2D eigenvalue weighted by molar-refractivity contribution is -0.148. The van der Waals surface area contributed by atoms with Crippen LogP contribution in [0.5, 0.6) is 0 Å². The van der Waals surface area contributed by atoms with Crippen LogP contribution in [-0.4, -0.2) is 25.4 Å². The Bertz CT molecular complexity index is 685. The van der Waals surface area contributed by atoms with Crippen molar-refractivity contribution >= 4 is 39.2 Å². The predicted molar refractivity (Wildman–Crippen MR) is 77.5 cm³/mol. The Kier molecular flexibility index (Phi) is 4.98. The lowest BCUT2D eigenvalue weighted by Gasteiger charge is -2.18. The van der Waals surface area contributed by atoms with Gasteiger partial charge in [0.15, 0.2) is 0 Å². The van der Waals surface area contributed by atoms with Gasteiger partial charge in [0.1, 0.15) is 0 Å². The molecule has 116 valence electrons. The molecule has 1 amide bonds. The van der Waals surface area contributed by atoms with E-state index in [1.165, 1.54) is 26.0 Å². The number of nitrogens with two attached hydrogens (primary N) is 1. The smallest absolute Gasteiger partial charge is 0.309 e. The lowest BCUT2D eigenvalue weighted by Crippen LogP contribution is -2.29. The van der Waals surface area contributed by atoms with Crippen molar-refractivity contribution in [3.05, 3.63) is 23.2 Å². The number of carbonyl (C=O) groups excluding carboxylic acids is 1. The molecule has 0 heterocycles. The van der Waals surface area contributed by atoms with Gasteiger partial charge in [0.2, 0.25) is 15.9 Å². The molecule has 0 saturated heterocycles. The molecule has 0 saturated carbocycles. The maximum Gasteiger partial charge on any atom is 0.309 e. The molecule has 9 heteroatoms. The zero-order valence-corrected chi connectivity index (χ0v) is 13.0. The van der Waals surface area contributed by atoms with Gasteiger partial charge in [-0.3, -0.25) is 9.59 Å². The minimum absolute atomic E-state index is 0.0504. The van der Waals surface area contributed by atoms with Crippen LogP contribution in [-0.2, 0) is 19.6 Å². The molecule has 0 bridgehead atoms. The summed E-state index contributed by atoms with van der Waals surface area (Å²) < 4.78 is 22.5. The van der Waals surface area contributed by atoms with Gasteiger partial charge in [-0.15, -0.1) is 0 Å². The van der Waals surface area contributed by atoms with Crippen LogP contribution < -0.4 is 10.5 Å². The topological polar surface area (TPSA) is 127 Å². The molecule has 1 aromatic carbocycles. The third-order valence-corrected chi connectivity index (χ3v) is 3.96. The van der Waals surface area contributed by atoms with Crippen molar-refractivity contribution in [3.63, 3.8) is 0 Å². The third-order valence-electron chi connectivity index (χ3n) is 2.72. The van der Waals surface area contributed by atoms with Gasteiger partial charge in [-0.2, -0.15) is 0 Å². The number of carboxylic acids is 1. The van der Waals surface area contributed by atoms with Crippen molar-refractivity contribution in [2.75, 3.05) is 5.32 Å². The standard InChI is InChI=1S/C12H15ClN2O5S/c1-12(2,11(17)18)6-10(16)15-9-5-7(21(14,19)20)3-4-8(9)13/h3-5H,6H2,1-2H3,(H,15,16)(H,17,18)(H2,14,19,20). The predicted octanol–water partition coefficient (Wildman–Crippen LogP) is 1.43. The van der Waals surface area contributed by atoms with E-state index in [9.17, 15) is 18.0 Å². The SMILES string of the molecule is CC(C)(CC(=O)Nc1cc(S(N)(=O)=O)ccc1Cl)C(=O)O. The van der Waals surface area contributed by atoms with E-state index in [1.807, 2.05) is 0 Å². The first-order valence-electron chi connectivity index (χ1n) is 5.79. The van der Waals surface area contributed by atoms with Crippen LogP contribution in [0.2, 0.25) is 5.02 Å². The molecule has 0 aromatic heterocycles. The molecule has 0 aliphatic rings. The minimum Gasteiger partial charge on any atom is -0.481 e. The Morgan fingerprint density at radius 3 is 2.43 bits per heavy atom. The summed E-state index contributed by atoms with van der Waals surface area (Å²) in [6, 6.07) is 3.59. The van der Waals surface area contributed by atoms with Crippen LogP contribution in [0.15, 0.2) is 23.1 Å². The highest BCUT2D eigenvalue weighted by Gasteiger charge is 2.30. The molecule has 1 rings (SSSR count). The summed E-state index contributed by atoms with van der Waals surface area (Å²) in [5, 5.41) is 16.4. The highest BCUT2D eigenvalue weighted by Crippen LogP contribution is 2.27. The Labute approximate surface area is 127 Å². The molecule has 0 fully saturated rings. The Morgan fingerprint density at radius 1 is 1.38 bits per heavy atom. The maximum atomic E-state index is 11.8. The van der Waals surface area contributed by atoms with Gasteiger partial charge in [-0.25, -0.2) is 13.6 Å². The third kappa shape index (κ3) is 4.69. The molecule has 21 heavy (non-hydrogen) atoms. The number of carbonyl (C=O) groups is 2. The summed E-state index contributed by atoms with van der Waals surface area (Å²) in [4.78, 5) is 22.6. The van der Waals surface area contributed by atoms with E-state index in [0.29, 0.717) is 0 Å². The molecule has 0 aliphatic carbocycles. The van der Waals surface area contributed by atoms with Crippen LogP contribution >= 0.6 is 11.6 Å². The van der Waals surface area contributed by atoms with E-state index < -0.39 is 27.3 Å². The van der Waals surface area contributed by atoms with Gasteiger partial charge in [-0.05, 0) is 32.0 Å². The molecule has 0 aliphatic heterocycles. The van der Waals surface area contributed by atoms with Crippen molar-refractivity contribution in [3.8, 4) is 0 Å². The number of halogens is 1. The van der Waals surface area contributed by atoms with E-state index in [1.54, 1.807) is 0 Å². The molecule has 0 spiro atoms. The summed E-state index contributed by atoms with van der Waals surface area (Å²) in [6.45, 7) is 2.80. The number of hydrogen-bond donors (Lipinski definition) is 3. The van der Waals surface area contributed by atoms with E-state index in [0.717, 1.165) is 6.07 Å². The van der Waals surface area contributed by atoms with Gasteiger partial charge < -0.3 is 10.4 Å². The number of anilines is 1. The van der Waals surface area contributed by atoms with Gasteiger partial charge in [0.05, 0.1) is 21.0 Å². The first kappa shape index (κ1) is 17.4. The summed E-state index contributed by atoms with van der Waals surface area (Å²) >= 11 is 5.86. The molecule has 7 nitrogen and oxygen atoms in total. The second kappa shape index (κ2) is 6.00. The zero-order chi connectivity index (χ0) is 16.4. The molecule has 0 atom stereocenters. The number of aliphatic carboxylic acids is 1. The monoisotopic (exact) mass is 334 g/mol. The number of carboxylic acid groups (broad SMARTS) is 1. The van der Waals surface area contributed by atoms with E-state index in [-0.39, 0.29) is 22.0 Å². The Balaban J connectivity index is 2.98. The van der Waals surface area contributed by atoms with E-state index >= 15 is 0 Å². The molecule has 0 unspecified atom stereocenters. The Hall–Kier alpha value is -1.64. The van der Waals surface area contributed by atoms with Crippen LogP contribution in [0.4, 0.5) is 5.69 Å². The fourth-order valence-corrected chi connectivity index (χ4v) is 2.15. The van der Waals surface area contributed by atoms with Crippen LogP contribution in [0.25, 0.3) is 0 Å². The van der Waals surface area contributed by atoms with Crippen molar-refractivity contribution < 1.29 is 23.1 Å². The number of benzene rings is 1. The second-order valence-corrected chi connectivity index (χ2v) is 7.07. The highest BCUT2D eigenvalue weighted by molar-refractivity contribution is 7.89. The van der Waals surface area contributed by atoms with Crippen LogP contribution in [0, 0.1) is 5.41 Å². The van der Waals surface area contributed by atoms with Crippen molar-refractivity contribution in [2.24, 2.45) is 10.6 Å². The number of primary sulfonamides is 1. The molecule has 4 N–H and O–H groups in total. The number of sulfonamides is 1. The second-order valence-electron chi connectivity index (χ2n) is 5.10. The zero-order valence-electron chi connectivity index (χ0n) is 11.4. The molecule has 1 aromatic rings. The van der Waals surface area contributed by atoms with Gasteiger partial charge in [-0.1, -0.05) is 11.6 Å². The van der Waals surface area contributed by atoms with Gasteiger partial charge in [0, 0.05) is 6.42 Å². The van der Waals surface area contributed by atoms with E-state index in [4.69, 9.17) is 21.8 Å². The number of nitrogens with one attached hydrogen (secondary N) is 1. The Morgan fingerprint density at radius 2 is 1.95 bits per heavy atom. The lowest BCUT2D eigenvalue weighted by atomic mass is 9.89. The molecule has 0 radical (unpaired) electrons. The first-order chi connectivity index (χ1) is 9.43. The number of hydrogen-bond acceptors (Lipinski definition) is 4. The highest BCUT2D eigenvalue weighted by atomic mass is 35.5. The average Bonchev–Trinajstić information content (AvgIpc) is 2.29. The summed E-state index contributed by atoms with van der Waals surface area (Å²) in [7, 11) is -3.93.